The molecule has 0 aliphatic heterocycles. The lowest BCUT2D eigenvalue weighted by Crippen LogP contribution is -2.31. The van der Waals surface area contributed by atoms with Gasteiger partial charge in [-0.3, -0.25) is 4.79 Å². The lowest BCUT2D eigenvalue weighted by atomic mass is 10.1. The highest BCUT2D eigenvalue weighted by atomic mass is 32.2. The SMILES string of the molecule is CCN(Cc1ccc(OC)c(OC)c1)C(=O)CSc1ccc2ccccc2c1. The fraction of sp³-hybridized carbons (Fsp3) is 0.261. The van der Waals surface area contributed by atoms with Crippen LogP contribution in [0.25, 0.3) is 10.8 Å². The lowest BCUT2D eigenvalue weighted by molar-refractivity contribution is -0.128. The lowest BCUT2D eigenvalue weighted by Gasteiger charge is -2.21. The van der Waals surface area contributed by atoms with Gasteiger partial charge in [-0.1, -0.05) is 36.4 Å². The molecule has 3 aromatic carbocycles. The molecule has 0 aromatic heterocycles. The van der Waals surface area contributed by atoms with Gasteiger partial charge in [-0.15, -0.1) is 11.8 Å². The highest BCUT2D eigenvalue weighted by Gasteiger charge is 2.14. The maximum Gasteiger partial charge on any atom is 0.233 e. The first kappa shape index (κ1) is 20.1. The number of nitrogens with zero attached hydrogens (tertiary/aromatic N) is 1. The molecule has 0 saturated carbocycles. The van der Waals surface area contributed by atoms with E-state index in [1.807, 2.05) is 42.2 Å². The number of ether oxygens (including phenoxy) is 2. The van der Waals surface area contributed by atoms with Crippen LogP contribution in [0, 0.1) is 0 Å². The molecule has 0 bridgehead atoms. The zero-order valence-corrected chi connectivity index (χ0v) is 17.3. The summed E-state index contributed by atoms with van der Waals surface area (Å²) in [5.74, 6) is 1.90. The summed E-state index contributed by atoms with van der Waals surface area (Å²) < 4.78 is 10.6. The van der Waals surface area contributed by atoms with Crippen LogP contribution in [-0.4, -0.2) is 37.3 Å². The van der Waals surface area contributed by atoms with Crippen molar-refractivity contribution in [2.75, 3.05) is 26.5 Å². The van der Waals surface area contributed by atoms with Crippen molar-refractivity contribution >= 4 is 28.4 Å². The van der Waals surface area contributed by atoms with Crippen LogP contribution in [0.1, 0.15) is 12.5 Å². The molecule has 0 aliphatic rings. The average Bonchev–Trinajstić information content (AvgIpc) is 2.75. The summed E-state index contributed by atoms with van der Waals surface area (Å²) in [6.07, 6.45) is 0. The van der Waals surface area contributed by atoms with E-state index in [1.54, 1.807) is 26.0 Å². The van der Waals surface area contributed by atoms with Crippen molar-refractivity contribution in [2.45, 2.75) is 18.4 Å². The van der Waals surface area contributed by atoms with Gasteiger partial charge in [0, 0.05) is 18.0 Å². The number of hydrogen-bond donors (Lipinski definition) is 0. The molecular formula is C23H25NO3S. The molecule has 3 aromatic rings. The Morgan fingerprint density at radius 2 is 1.68 bits per heavy atom. The van der Waals surface area contributed by atoms with E-state index < -0.39 is 0 Å². The van der Waals surface area contributed by atoms with E-state index in [0.717, 1.165) is 10.5 Å². The van der Waals surface area contributed by atoms with Crippen LogP contribution in [0.3, 0.4) is 0 Å². The topological polar surface area (TPSA) is 38.8 Å². The van der Waals surface area contributed by atoms with Crippen LogP contribution in [-0.2, 0) is 11.3 Å². The molecule has 0 unspecified atom stereocenters. The molecule has 0 aliphatic carbocycles. The fourth-order valence-electron chi connectivity index (χ4n) is 3.07. The molecule has 0 heterocycles. The molecule has 28 heavy (non-hydrogen) atoms. The Balaban J connectivity index is 1.64. The number of carbonyl (C=O) groups is 1. The molecular weight excluding hydrogens is 370 g/mol. The van der Waals surface area contributed by atoms with Crippen molar-refractivity contribution in [1.82, 2.24) is 4.90 Å². The van der Waals surface area contributed by atoms with E-state index in [-0.39, 0.29) is 5.91 Å². The minimum atomic E-state index is 0.121. The Bertz CT molecular complexity index is 957. The summed E-state index contributed by atoms with van der Waals surface area (Å²) in [6, 6.07) is 20.3. The predicted octanol–water partition coefficient (Wildman–Crippen LogP) is 5.00. The number of amides is 1. The van der Waals surface area contributed by atoms with Gasteiger partial charge in [0.2, 0.25) is 5.91 Å². The van der Waals surface area contributed by atoms with Gasteiger partial charge in [0.05, 0.1) is 20.0 Å². The molecule has 0 fully saturated rings. The van der Waals surface area contributed by atoms with Crippen molar-refractivity contribution in [2.24, 2.45) is 0 Å². The third-order valence-corrected chi connectivity index (χ3v) is 5.62. The zero-order valence-electron chi connectivity index (χ0n) is 16.5. The summed E-state index contributed by atoms with van der Waals surface area (Å²) >= 11 is 1.58. The molecule has 1 amide bonds. The predicted molar refractivity (Wildman–Crippen MR) is 115 cm³/mol. The van der Waals surface area contributed by atoms with E-state index in [9.17, 15) is 4.79 Å². The van der Waals surface area contributed by atoms with Crippen LogP contribution in [0.15, 0.2) is 65.6 Å². The quantitative estimate of drug-likeness (QED) is 0.503. The number of hydrogen-bond acceptors (Lipinski definition) is 4. The molecule has 0 saturated heterocycles. The standard InChI is InChI=1S/C23H25NO3S/c1-4-24(15-17-9-12-21(26-2)22(13-17)27-3)23(25)16-28-20-11-10-18-7-5-6-8-19(18)14-20/h5-14H,4,15-16H2,1-3H3. The summed E-state index contributed by atoms with van der Waals surface area (Å²) in [6.45, 7) is 3.21. The molecule has 4 nitrogen and oxygen atoms in total. The normalized spacial score (nSPS) is 10.7. The van der Waals surface area contributed by atoms with Gasteiger partial charge in [0.25, 0.3) is 0 Å². The van der Waals surface area contributed by atoms with Gasteiger partial charge in [0.1, 0.15) is 0 Å². The first-order valence-corrected chi connectivity index (χ1v) is 10.2. The van der Waals surface area contributed by atoms with Crippen LogP contribution in [0.5, 0.6) is 11.5 Å². The molecule has 0 radical (unpaired) electrons. The first-order valence-electron chi connectivity index (χ1n) is 9.25. The Labute approximate surface area is 170 Å². The highest BCUT2D eigenvalue weighted by Crippen LogP contribution is 2.28. The number of thioether (sulfide) groups is 1. The van der Waals surface area contributed by atoms with Crippen molar-refractivity contribution < 1.29 is 14.3 Å². The number of methoxy groups -OCH3 is 2. The van der Waals surface area contributed by atoms with Crippen LogP contribution >= 0.6 is 11.8 Å². The summed E-state index contributed by atoms with van der Waals surface area (Å²) in [5, 5.41) is 2.40. The molecule has 146 valence electrons. The van der Waals surface area contributed by atoms with E-state index in [2.05, 4.69) is 30.3 Å². The van der Waals surface area contributed by atoms with Crippen molar-refractivity contribution in [3.8, 4) is 11.5 Å². The first-order chi connectivity index (χ1) is 13.6. The molecule has 0 atom stereocenters. The zero-order chi connectivity index (χ0) is 19.9. The van der Waals surface area contributed by atoms with Gasteiger partial charge < -0.3 is 14.4 Å². The summed E-state index contributed by atoms with van der Waals surface area (Å²) in [5.41, 5.74) is 1.02. The van der Waals surface area contributed by atoms with E-state index in [0.29, 0.717) is 30.3 Å². The smallest absolute Gasteiger partial charge is 0.233 e. The third-order valence-electron chi connectivity index (χ3n) is 4.64. The Morgan fingerprint density at radius 3 is 2.39 bits per heavy atom. The maximum absolute atomic E-state index is 12.7. The molecule has 3 rings (SSSR count). The van der Waals surface area contributed by atoms with Gasteiger partial charge in [-0.25, -0.2) is 0 Å². The fourth-order valence-corrected chi connectivity index (χ4v) is 3.92. The van der Waals surface area contributed by atoms with Crippen molar-refractivity contribution in [3.63, 3.8) is 0 Å². The van der Waals surface area contributed by atoms with Crippen molar-refractivity contribution in [1.29, 1.82) is 0 Å². The maximum atomic E-state index is 12.7. The van der Waals surface area contributed by atoms with Crippen LogP contribution < -0.4 is 9.47 Å². The van der Waals surface area contributed by atoms with E-state index in [1.165, 1.54) is 10.8 Å². The Kier molecular flexibility index (Phi) is 6.82. The average molecular weight is 396 g/mol. The number of benzene rings is 3. The van der Waals surface area contributed by atoms with Gasteiger partial charge in [-0.05, 0) is 47.5 Å². The van der Waals surface area contributed by atoms with Crippen LogP contribution in [0.2, 0.25) is 0 Å². The van der Waals surface area contributed by atoms with Gasteiger partial charge in [-0.2, -0.15) is 0 Å². The number of fused-ring (bicyclic) bond motifs is 1. The van der Waals surface area contributed by atoms with E-state index >= 15 is 0 Å². The second-order valence-corrected chi connectivity index (χ2v) is 7.44. The summed E-state index contributed by atoms with van der Waals surface area (Å²) in [7, 11) is 3.23. The second-order valence-electron chi connectivity index (χ2n) is 6.39. The molecule has 0 spiro atoms. The van der Waals surface area contributed by atoms with Crippen LogP contribution in [0.4, 0.5) is 0 Å². The number of carbonyl (C=O) groups excluding carboxylic acids is 1. The largest absolute Gasteiger partial charge is 0.493 e. The Hall–Kier alpha value is -2.66. The van der Waals surface area contributed by atoms with E-state index in [4.69, 9.17) is 9.47 Å². The van der Waals surface area contributed by atoms with Crippen molar-refractivity contribution in [3.05, 3.63) is 66.2 Å². The Morgan fingerprint density at radius 1 is 0.929 bits per heavy atom. The van der Waals surface area contributed by atoms with Gasteiger partial charge >= 0.3 is 0 Å². The minimum absolute atomic E-state index is 0.121. The monoisotopic (exact) mass is 395 g/mol. The minimum Gasteiger partial charge on any atom is -0.493 e. The molecule has 5 heteroatoms. The highest BCUT2D eigenvalue weighted by molar-refractivity contribution is 8.00. The number of rotatable bonds is 8. The molecule has 0 N–H and O–H groups in total. The summed E-state index contributed by atoms with van der Waals surface area (Å²) in [4.78, 5) is 15.7. The third kappa shape index (κ3) is 4.78. The second kappa shape index (κ2) is 9.51. The van der Waals surface area contributed by atoms with Gasteiger partial charge in [0.15, 0.2) is 11.5 Å².